The number of fused-ring (bicyclic) bond motifs is 1. The lowest BCUT2D eigenvalue weighted by molar-refractivity contribution is 0.191. The van der Waals surface area contributed by atoms with E-state index in [0.717, 1.165) is 26.6 Å². The normalized spacial score (nSPS) is 12.8. The maximum Gasteiger partial charge on any atom is 0.138 e. The van der Waals surface area contributed by atoms with Crippen LogP contribution in [0.2, 0.25) is 0 Å². The Morgan fingerprint density at radius 3 is 2.45 bits per heavy atom. The molecule has 0 amide bonds. The molecule has 3 rings (SSSR count). The highest BCUT2D eigenvalue weighted by molar-refractivity contribution is 9.10. The Labute approximate surface area is 126 Å². The van der Waals surface area contributed by atoms with Gasteiger partial charge in [0.05, 0.1) is 0 Å². The highest BCUT2D eigenvalue weighted by atomic mass is 79.9. The monoisotopic (exact) mass is 330 g/mol. The average Bonchev–Trinajstić information content (AvgIpc) is 2.81. The molecule has 0 radical (unpaired) electrons. The van der Waals surface area contributed by atoms with Crippen molar-refractivity contribution in [3.63, 3.8) is 0 Å². The van der Waals surface area contributed by atoms with E-state index < -0.39 is 6.10 Å². The summed E-state index contributed by atoms with van der Waals surface area (Å²) in [7, 11) is 0. The molecule has 1 N–H and O–H groups in total. The van der Waals surface area contributed by atoms with E-state index >= 15 is 0 Å². The van der Waals surface area contributed by atoms with Crippen molar-refractivity contribution in [3.05, 3.63) is 69.4 Å². The molecule has 20 heavy (non-hydrogen) atoms. The summed E-state index contributed by atoms with van der Waals surface area (Å²) in [6.45, 7) is 4.06. The summed E-state index contributed by atoms with van der Waals surface area (Å²) in [5.41, 5.74) is 3.93. The molecule has 0 aliphatic carbocycles. The lowest BCUT2D eigenvalue weighted by Gasteiger charge is -2.10. The van der Waals surface area contributed by atoms with Crippen LogP contribution in [-0.4, -0.2) is 5.11 Å². The van der Waals surface area contributed by atoms with E-state index in [1.165, 1.54) is 5.56 Å². The molecule has 3 heteroatoms. The molecule has 0 aliphatic heterocycles. The average molecular weight is 331 g/mol. The number of benzene rings is 2. The van der Waals surface area contributed by atoms with Crippen molar-refractivity contribution in [3.8, 4) is 0 Å². The Morgan fingerprint density at radius 1 is 1.00 bits per heavy atom. The van der Waals surface area contributed by atoms with Crippen LogP contribution in [0.3, 0.4) is 0 Å². The molecule has 0 saturated heterocycles. The number of aliphatic hydroxyl groups excluding tert-OH is 1. The molecule has 2 aromatic carbocycles. The fraction of sp³-hybridized carbons (Fsp3) is 0.176. The second-order valence-electron chi connectivity index (χ2n) is 5.12. The standard InChI is InChI=1S/C17H15BrO2/c1-10-4-6-15-12(7-10)9-16(20-15)17(19)13-5-3-11(2)8-14(13)18/h3-9,17,19H,1-2H3. The van der Waals surface area contributed by atoms with Gasteiger partial charge in [0.15, 0.2) is 0 Å². The van der Waals surface area contributed by atoms with Crippen molar-refractivity contribution in [2.45, 2.75) is 20.0 Å². The molecule has 0 spiro atoms. The zero-order valence-electron chi connectivity index (χ0n) is 11.4. The van der Waals surface area contributed by atoms with Gasteiger partial charge in [0.25, 0.3) is 0 Å². The van der Waals surface area contributed by atoms with Gasteiger partial charge < -0.3 is 9.52 Å². The van der Waals surface area contributed by atoms with Crippen molar-refractivity contribution in [1.29, 1.82) is 0 Å². The maximum atomic E-state index is 10.5. The molecule has 3 aromatic rings. The number of aliphatic hydroxyl groups is 1. The van der Waals surface area contributed by atoms with Crippen LogP contribution in [0.5, 0.6) is 0 Å². The third-order valence-corrected chi connectivity index (χ3v) is 4.10. The Kier molecular flexibility index (Phi) is 3.40. The van der Waals surface area contributed by atoms with Crippen molar-refractivity contribution in [1.82, 2.24) is 0 Å². The van der Waals surface area contributed by atoms with Crippen molar-refractivity contribution in [2.24, 2.45) is 0 Å². The van der Waals surface area contributed by atoms with Crippen LogP contribution >= 0.6 is 15.9 Å². The minimum atomic E-state index is -0.766. The van der Waals surface area contributed by atoms with Crippen LogP contribution in [0.25, 0.3) is 11.0 Å². The summed E-state index contributed by atoms with van der Waals surface area (Å²) < 4.78 is 6.64. The lowest BCUT2D eigenvalue weighted by Crippen LogP contribution is -1.99. The molecule has 1 aromatic heterocycles. The number of aryl methyl sites for hydroxylation is 2. The predicted octanol–water partition coefficient (Wildman–Crippen LogP) is 4.89. The van der Waals surface area contributed by atoms with Crippen LogP contribution < -0.4 is 0 Å². The van der Waals surface area contributed by atoms with E-state index in [0.29, 0.717) is 5.76 Å². The maximum absolute atomic E-state index is 10.5. The van der Waals surface area contributed by atoms with Crippen molar-refractivity contribution in [2.75, 3.05) is 0 Å². The highest BCUT2D eigenvalue weighted by Gasteiger charge is 2.18. The van der Waals surface area contributed by atoms with Crippen LogP contribution in [0.1, 0.15) is 28.6 Å². The first kappa shape index (κ1) is 13.4. The molecule has 0 bridgehead atoms. The predicted molar refractivity (Wildman–Crippen MR) is 83.9 cm³/mol. The van der Waals surface area contributed by atoms with Gasteiger partial charge >= 0.3 is 0 Å². The molecule has 1 atom stereocenters. The summed E-state index contributed by atoms with van der Waals surface area (Å²) in [6, 6.07) is 13.8. The van der Waals surface area contributed by atoms with E-state index in [1.807, 2.05) is 50.2 Å². The van der Waals surface area contributed by atoms with E-state index in [1.54, 1.807) is 0 Å². The first-order valence-electron chi connectivity index (χ1n) is 6.49. The Morgan fingerprint density at radius 2 is 1.70 bits per heavy atom. The summed E-state index contributed by atoms with van der Waals surface area (Å²) in [6.07, 6.45) is -0.766. The smallest absolute Gasteiger partial charge is 0.138 e. The van der Waals surface area contributed by atoms with Gasteiger partial charge in [-0.15, -0.1) is 0 Å². The molecule has 1 unspecified atom stereocenters. The van der Waals surface area contributed by atoms with Gasteiger partial charge in [0.1, 0.15) is 17.4 Å². The quantitative estimate of drug-likeness (QED) is 0.725. The van der Waals surface area contributed by atoms with Gasteiger partial charge in [-0.05, 0) is 43.7 Å². The van der Waals surface area contributed by atoms with E-state index in [-0.39, 0.29) is 0 Å². The first-order valence-corrected chi connectivity index (χ1v) is 7.28. The van der Waals surface area contributed by atoms with Gasteiger partial charge in [-0.1, -0.05) is 39.7 Å². The summed E-state index contributed by atoms with van der Waals surface area (Å²) in [4.78, 5) is 0. The number of hydrogen-bond donors (Lipinski definition) is 1. The van der Waals surface area contributed by atoms with Gasteiger partial charge in [0.2, 0.25) is 0 Å². The fourth-order valence-corrected chi connectivity index (χ4v) is 3.04. The second-order valence-corrected chi connectivity index (χ2v) is 5.97. The van der Waals surface area contributed by atoms with Crippen molar-refractivity contribution >= 4 is 26.9 Å². The summed E-state index contributed by atoms with van der Waals surface area (Å²) in [5.74, 6) is 0.565. The third kappa shape index (κ3) is 2.39. The molecule has 0 fully saturated rings. The zero-order valence-corrected chi connectivity index (χ0v) is 12.9. The highest BCUT2D eigenvalue weighted by Crippen LogP contribution is 2.32. The third-order valence-electron chi connectivity index (χ3n) is 3.41. The van der Waals surface area contributed by atoms with Gasteiger partial charge in [0, 0.05) is 15.4 Å². The topological polar surface area (TPSA) is 33.4 Å². The minimum Gasteiger partial charge on any atom is -0.458 e. The number of halogens is 1. The summed E-state index contributed by atoms with van der Waals surface area (Å²) in [5, 5.41) is 11.5. The largest absolute Gasteiger partial charge is 0.458 e. The molecular formula is C17H15BrO2. The number of rotatable bonds is 2. The van der Waals surface area contributed by atoms with Crippen LogP contribution in [0.4, 0.5) is 0 Å². The lowest BCUT2D eigenvalue weighted by atomic mass is 10.1. The second kappa shape index (κ2) is 5.08. The molecule has 0 aliphatic rings. The Bertz CT molecular complexity index is 774. The van der Waals surface area contributed by atoms with E-state index in [9.17, 15) is 5.11 Å². The minimum absolute atomic E-state index is 0.565. The van der Waals surface area contributed by atoms with Gasteiger partial charge in [-0.2, -0.15) is 0 Å². The molecule has 0 saturated carbocycles. The molecule has 2 nitrogen and oxygen atoms in total. The van der Waals surface area contributed by atoms with E-state index in [4.69, 9.17) is 4.42 Å². The Hall–Kier alpha value is -1.58. The molecule has 102 valence electrons. The van der Waals surface area contributed by atoms with E-state index in [2.05, 4.69) is 22.0 Å². The summed E-state index contributed by atoms with van der Waals surface area (Å²) >= 11 is 3.50. The zero-order chi connectivity index (χ0) is 14.3. The SMILES string of the molecule is Cc1ccc(C(O)c2cc3cc(C)ccc3o2)c(Br)c1. The molecule has 1 heterocycles. The van der Waals surface area contributed by atoms with Gasteiger partial charge in [-0.3, -0.25) is 0 Å². The fourth-order valence-electron chi connectivity index (χ4n) is 2.33. The number of furan rings is 1. The van der Waals surface area contributed by atoms with Gasteiger partial charge in [-0.25, -0.2) is 0 Å². The van der Waals surface area contributed by atoms with Crippen molar-refractivity contribution < 1.29 is 9.52 Å². The number of hydrogen-bond acceptors (Lipinski definition) is 2. The Balaban J connectivity index is 2.05. The van der Waals surface area contributed by atoms with Crippen LogP contribution in [0, 0.1) is 13.8 Å². The first-order chi connectivity index (χ1) is 9.54. The van der Waals surface area contributed by atoms with Crippen LogP contribution in [-0.2, 0) is 0 Å². The molecular weight excluding hydrogens is 316 g/mol. The van der Waals surface area contributed by atoms with Crippen LogP contribution in [0.15, 0.2) is 51.4 Å².